The molecule has 0 saturated heterocycles. The van der Waals surface area contributed by atoms with Crippen LogP contribution in [0.5, 0.6) is 0 Å². The van der Waals surface area contributed by atoms with E-state index in [1.165, 1.54) is 36.4 Å². The lowest BCUT2D eigenvalue weighted by Crippen LogP contribution is -2.31. The minimum absolute atomic E-state index is 0.00472. The van der Waals surface area contributed by atoms with Gasteiger partial charge in [-0.25, -0.2) is 21.6 Å². The molecular weight excluding hydrogens is 521 g/mol. The van der Waals surface area contributed by atoms with Crippen molar-refractivity contribution in [1.82, 2.24) is 0 Å². The molecule has 0 aromatic heterocycles. The molecule has 3 aromatic carbocycles. The summed E-state index contributed by atoms with van der Waals surface area (Å²) in [5, 5.41) is 9.31. The van der Waals surface area contributed by atoms with Gasteiger partial charge in [-0.2, -0.15) is 13.2 Å². The average Bonchev–Trinajstić information content (AvgIpc) is 2.80. The molecule has 0 amide bonds. The van der Waals surface area contributed by atoms with Crippen LogP contribution in [0.15, 0.2) is 76.5 Å². The molecule has 0 unspecified atom stereocenters. The number of aromatic carboxylic acids is 1. The van der Waals surface area contributed by atoms with E-state index in [0.29, 0.717) is 17.7 Å². The number of aryl methyl sites for hydroxylation is 1. The van der Waals surface area contributed by atoms with Crippen LogP contribution in [0, 0.1) is 6.92 Å². The van der Waals surface area contributed by atoms with Crippen molar-refractivity contribution in [1.29, 1.82) is 0 Å². The molecule has 8 nitrogen and oxygen atoms in total. The summed E-state index contributed by atoms with van der Waals surface area (Å²) in [6.07, 6.45) is -4.61. The van der Waals surface area contributed by atoms with Crippen molar-refractivity contribution in [3.63, 3.8) is 0 Å². The Kier molecular flexibility index (Phi) is 7.37. The molecule has 36 heavy (non-hydrogen) atoms. The van der Waals surface area contributed by atoms with Crippen LogP contribution in [0.4, 0.5) is 24.5 Å². The van der Waals surface area contributed by atoms with E-state index >= 15 is 0 Å². The van der Waals surface area contributed by atoms with Gasteiger partial charge in [0, 0.05) is 12.2 Å². The first kappa shape index (κ1) is 27.0. The van der Waals surface area contributed by atoms with E-state index in [1.54, 1.807) is 13.8 Å². The van der Waals surface area contributed by atoms with Gasteiger partial charge < -0.3 is 5.11 Å². The minimum atomic E-state index is -4.61. The third-order valence-corrected chi connectivity index (χ3v) is 8.51. The first-order chi connectivity index (χ1) is 16.7. The highest BCUT2D eigenvalue weighted by Crippen LogP contribution is 2.30. The van der Waals surface area contributed by atoms with Crippen LogP contribution in [-0.4, -0.2) is 34.5 Å². The van der Waals surface area contributed by atoms with Crippen LogP contribution in [0.25, 0.3) is 0 Å². The molecule has 2 N–H and O–H groups in total. The second kappa shape index (κ2) is 9.82. The predicted molar refractivity (Wildman–Crippen MR) is 127 cm³/mol. The molecule has 0 saturated carbocycles. The van der Waals surface area contributed by atoms with Gasteiger partial charge in [-0.05, 0) is 80.1 Å². The fraction of sp³-hybridized carbons (Fsp3) is 0.174. The average molecular weight is 543 g/mol. The Morgan fingerprint density at radius 2 is 1.47 bits per heavy atom. The van der Waals surface area contributed by atoms with Gasteiger partial charge in [-0.3, -0.25) is 9.03 Å². The van der Waals surface area contributed by atoms with Crippen LogP contribution in [-0.2, 0) is 26.2 Å². The normalized spacial score (nSPS) is 12.2. The first-order valence-electron chi connectivity index (χ1n) is 10.3. The number of carboxylic acids is 1. The molecular formula is C23H21F3N2O6S2. The van der Waals surface area contributed by atoms with Gasteiger partial charge in [-0.15, -0.1) is 0 Å². The number of hydrogen-bond donors (Lipinski definition) is 2. The zero-order valence-corrected chi connectivity index (χ0v) is 20.6. The topological polar surface area (TPSA) is 121 Å². The number of sulfonamides is 2. The van der Waals surface area contributed by atoms with Crippen molar-refractivity contribution in [2.24, 2.45) is 0 Å². The van der Waals surface area contributed by atoms with Gasteiger partial charge in [-0.1, -0.05) is 6.07 Å². The van der Waals surface area contributed by atoms with Crippen LogP contribution >= 0.6 is 0 Å². The molecule has 0 heterocycles. The summed E-state index contributed by atoms with van der Waals surface area (Å²) >= 11 is 0. The lowest BCUT2D eigenvalue weighted by Gasteiger charge is -2.23. The Hall–Kier alpha value is -3.58. The molecule has 0 radical (unpaired) electrons. The summed E-state index contributed by atoms with van der Waals surface area (Å²) < 4.78 is 92.9. The molecule has 0 fully saturated rings. The SMILES string of the molecule is CCN(c1ccc(NS(=O)(=O)c2ccc(C(F)(F)F)cc2)cc1)S(=O)(=O)c1ccc(C)c(C(=O)O)c1. The Morgan fingerprint density at radius 1 is 0.917 bits per heavy atom. The Bertz CT molecular complexity index is 1490. The van der Waals surface area contributed by atoms with Crippen molar-refractivity contribution in [3.05, 3.63) is 83.4 Å². The van der Waals surface area contributed by atoms with Crippen LogP contribution in [0.2, 0.25) is 0 Å². The second-order valence-corrected chi connectivity index (χ2v) is 11.2. The number of nitrogens with zero attached hydrogens (tertiary/aromatic N) is 1. The van der Waals surface area contributed by atoms with E-state index in [9.17, 15) is 39.9 Å². The zero-order chi connectivity index (χ0) is 26.9. The second-order valence-electron chi connectivity index (χ2n) is 7.63. The van der Waals surface area contributed by atoms with Gasteiger partial charge in [0.15, 0.2) is 0 Å². The number of benzene rings is 3. The molecule has 13 heteroatoms. The van der Waals surface area contributed by atoms with E-state index < -0.39 is 37.8 Å². The summed E-state index contributed by atoms with van der Waals surface area (Å²) in [6, 6.07) is 12.0. The minimum Gasteiger partial charge on any atom is -0.478 e. The molecule has 3 rings (SSSR count). The predicted octanol–water partition coefficient (Wildman–Crippen LogP) is 4.73. The molecule has 0 aliphatic carbocycles. The Balaban J connectivity index is 1.86. The molecule has 0 bridgehead atoms. The van der Waals surface area contributed by atoms with E-state index in [1.807, 2.05) is 0 Å². The number of anilines is 2. The lowest BCUT2D eigenvalue weighted by atomic mass is 10.1. The van der Waals surface area contributed by atoms with Gasteiger partial charge in [0.05, 0.1) is 26.6 Å². The summed E-state index contributed by atoms with van der Waals surface area (Å²) in [5.74, 6) is -1.27. The maximum Gasteiger partial charge on any atom is 0.416 e. The Labute approximate surface area is 206 Å². The van der Waals surface area contributed by atoms with Crippen LogP contribution in [0.1, 0.15) is 28.4 Å². The fourth-order valence-electron chi connectivity index (χ4n) is 3.34. The number of rotatable bonds is 8. The Morgan fingerprint density at radius 3 is 1.97 bits per heavy atom. The van der Waals surface area contributed by atoms with E-state index in [0.717, 1.165) is 22.5 Å². The highest BCUT2D eigenvalue weighted by Gasteiger charge is 2.31. The third kappa shape index (κ3) is 5.62. The van der Waals surface area contributed by atoms with E-state index in [2.05, 4.69) is 4.72 Å². The smallest absolute Gasteiger partial charge is 0.416 e. The largest absolute Gasteiger partial charge is 0.478 e. The fourth-order valence-corrected chi connectivity index (χ4v) is 5.90. The van der Waals surface area contributed by atoms with E-state index in [-0.39, 0.29) is 33.3 Å². The maximum atomic E-state index is 13.2. The number of carbonyl (C=O) groups is 1. The van der Waals surface area contributed by atoms with Crippen molar-refractivity contribution in [2.45, 2.75) is 29.8 Å². The summed E-state index contributed by atoms with van der Waals surface area (Å²) in [7, 11) is -8.35. The quantitative estimate of drug-likeness (QED) is 0.425. The van der Waals surface area contributed by atoms with Crippen LogP contribution in [0.3, 0.4) is 0 Å². The number of carboxylic acid groups (broad SMARTS) is 1. The van der Waals surface area contributed by atoms with Gasteiger partial charge in [0.2, 0.25) is 0 Å². The zero-order valence-electron chi connectivity index (χ0n) is 18.9. The highest BCUT2D eigenvalue weighted by molar-refractivity contribution is 7.93. The van der Waals surface area contributed by atoms with Crippen LogP contribution < -0.4 is 9.03 Å². The molecule has 0 aliphatic rings. The number of nitrogens with one attached hydrogen (secondary N) is 1. The maximum absolute atomic E-state index is 13.2. The van der Waals surface area contributed by atoms with Gasteiger partial charge in [0.25, 0.3) is 20.0 Å². The van der Waals surface area contributed by atoms with Gasteiger partial charge >= 0.3 is 12.1 Å². The summed E-state index contributed by atoms with van der Waals surface area (Å²) in [4.78, 5) is 10.8. The van der Waals surface area contributed by atoms with E-state index in [4.69, 9.17) is 0 Å². The molecule has 3 aromatic rings. The third-order valence-electron chi connectivity index (χ3n) is 5.21. The van der Waals surface area contributed by atoms with Crippen molar-refractivity contribution in [2.75, 3.05) is 15.6 Å². The monoisotopic (exact) mass is 542 g/mol. The number of halogens is 3. The number of alkyl halides is 3. The van der Waals surface area contributed by atoms with Crippen molar-refractivity contribution >= 4 is 37.4 Å². The lowest BCUT2D eigenvalue weighted by molar-refractivity contribution is -0.137. The summed E-state index contributed by atoms with van der Waals surface area (Å²) in [6.45, 7) is 3.11. The number of hydrogen-bond acceptors (Lipinski definition) is 5. The standard InChI is InChI=1S/C23H21F3N2O6S2/c1-3-28(36(33,34)20-11-4-15(2)21(14-20)22(29)30)18-9-7-17(8-10-18)27-35(31,32)19-12-5-16(6-13-19)23(24,25)26/h4-14,27H,3H2,1-2H3,(H,29,30). The summed E-state index contributed by atoms with van der Waals surface area (Å²) in [5.41, 5.74) is -0.506. The van der Waals surface area contributed by atoms with Crippen molar-refractivity contribution in [3.8, 4) is 0 Å². The molecule has 0 atom stereocenters. The first-order valence-corrected chi connectivity index (χ1v) is 13.3. The van der Waals surface area contributed by atoms with Crippen molar-refractivity contribution < 1.29 is 39.9 Å². The van der Waals surface area contributed by atoms with Gasteiger partial charge in [0.1, 0.15) is 0 Å². The molecule has 192 valence electrons. The molecule has 0 spiro atoms. The highest BCUT2D eigenvalue weighted by atomic mass is 32.2. The molecule has 0 aliphatic heterocycles.